The van der Waals surface area contributed by atoms with Gasteiger partial charge < -0.3 is 21.3 Å². The number of hydrogen-bond acceptors (Lipinski definition) is 8. The Balaban J connectivity index is 1.48. The van der Waals surface area contributed by atoms with Gasteiger partial charge in [0.05, 0.1) is 0 Å². The molecule has 3 rings (SSSR count). The number of anilines is 4. The minimum Gasteiger partial charge on any atom is -0.352 e. The number of nitrogens with zero attached hydrogens (tertiary/aromatic N) is 2. The summed E-state index contributed by atoms with van der Waals surface area (Å²) < 4.78 is 0. The number of hydrogen-bond donors (Lipinski definition) is 6. The number of aromatic nitrogens is 2. The van der Waals surface area contributed by atoms with E-state index in [4.69, 9.17) is 5.21 Å². The summed E-state index contributed by atoms with van der Waals surface area (Å²) in [4.78, 5) is 44.4. The Morgan fingerprint density at radius 2 is 1.62 bits per heavy atom. The summed E-state index contributed by atoms with van der Waals surface area (Å²) in [5.74, 6) is 0.252. The van der Waals surface area contributed by atoms with Crippen molar-refractivity contribution in [2.75, 3.05) is 17.2 Å². The maximum atomic E-state index is 12.4. The normalized spacial score (nSPS) is 10.6. The zero-order chi connectivity index (χ0) is 28.0. The third kappa shape index (κ3) is 10.0. The predicted molar refractivity (Wildman–Crippen MR) is 149 cm³/mol. The number of unbranched alkanes of at least 4 members (excludes halogenated alkanes) is 3. The van der Waals surface area contributed by atoms with E-state index in [0.717, 1.165) is 30.6 Å². The van der Waals surface area contributed by atoms with Gasteiger partial charge in [-0.3, -0.25) is 19.6 Å². The first-order valence-electron chi connectivity index (χ1n) is 12.9. The molecule has 0 aliphatic heterocycles. The van der Waals surface area contributed by atoms with Crippen LogP contribution < -0.4 is 26.7 Å². The van der Waals surface area contributed by atoms with Gasteiger partial charge in [-0.1, -0.05) is 18.9 Å². The number of rotatable bonds is 14. The zero-order valence-corrected chi connectivity index (χ0v) is 22.2. The van der Waals surface area contributed by atoms with Crippen LogP contribution in [0.2, 0.25) is 0 Å². The highest BCUT2D eigenvalue weighted by Crippen LogP contribution is 2.19. The summed E-state index contributed by atoms with van der Waals surface area (Å²) in [6, 6.07) is 15.9. The van der Waals surface area contributed by atoms with Crippen LogP contribution in [0, 0.1) is 0 Å². The van der Waals surface area contributed by atoms with Crippen molar-refractivity contribution in [3.05, 3.63) is 71.9 Å². The highest BCUT2D eigenvalue weighted by Gasteiger charge is 2.09. The van der Waals surface area contributed by atoms with E-state index in [-0.39, 0.29) is 23.8 Å². The molecule has 1 aromatic heterocycles. The predicted octanol–water partition coefficient (Wildman–Crippen LogP) is 4.29. The van der Waals surface area contributed by atoms with Gasteiger partial charge in [0, 0.05) is 47.7 Å². The molecule has 2 aromatic carbocycles. The average molecular weight is 534 g/mol. The third-order valence-corrected chi connectivity index (χ3v) is 5.62. The van der Waals surface area contributed by atoms with Crippen molar-refractivity contribution in [1.29, 1.82) is 0 Å². The number of carbonyl (C=O) groups is 3. The Kier molecular flexibility index (Phi) is 11.2. The first-order valence-corrected chi connectivity index (χ1v) is 12.9. The largest absolute Gasteiger partial charge is 0.352 e. The van der Waals surface area contributed by atoms with Crippen LogP contribution in [0.25, 0.3) is 0 Å². The fourth-order valence-corrected chi connectivity index (χ4v) is 3.68. The molecule has 0 saturated carbocycles. The van der Waals surface area contributed by atoms with Crippen molar-refractivity contribution < 1.29 is 19.6 Å². The molecule has 39 heavy (non-hydrogen) atoms. The quantitative estimate of drug-likeness (QED) is 0.102. The summed E-state index contributed by atoms with van der Waals surface area (Å²) in [5, 5.41) is 20.6. The van der Waals surface area contributed by atoms with E-state index in [1.807, 2.05) is 19.9 Å². The van der Waals surface area contributed by atoms with Gasteiger partial charge in [0.25, 0.3) is 11.8 Å². The first kappa shape index (κ1) is 29.1. The van der Waals surface area contributed by atoms with Gasteiger partial charge in [-0.25, -0.2) is 10.5 Å². The molecular formula is C28H35N7O4. The minimum atomic E-state index is -0.382. The molecule has 0 radical (unpaired) electrons. The Bertz CT molecular complexity index is 1250. The van der Waals surface area contributed by atoms with E-state index in [2.05, 4.69) is 31.2 Å². The second kappa shape index (κ2) is 15.0. The molecule has 0 fully saturated rings. The fourth-order valence-electron chi connectivity index (χ4n) is 3.68. The Morgan fingerprint density at radius 3 is 2.36 bits per heavy atom. The zero-order valence-electron chi connectivity index (χ0n) is 22.2. The lowest BCUT2D eigenvalue weighted by molar-refractivity contribution is -0.129. The topological polar surface area (TPSA) is 157 Å². The average Bonchev–Trinajstić information content (AvgIpc) is 2.92. The Morgan fingerprint density at radius 1 is 0.846 bits per heavy atom. The third-order valence-electron chi connectivity index (χ3n) is 5.62. The molecular weight excluding hydrogens is 498 g/mol. The molecule has 3 aromatic rings. The van der Waals surface area contributed by atoms with Crippen LogP contribution in [0.5, 0.6) is 0 Å². The highest BCUT2D eigenvalue weighted by molar-refractivity contribution is 5.95. The second-order valence-corrected chi connectivity index (χ2v) is 9.26. The van der Waals surface area contributed by atoms with Gasteiger partial charge in [-0.2, -0.15) is 4.98 Å². The Hall–Kier alpha value is -4.51. The van der Waals surface area contributed by atoms with Crippen LogP contribution in [-0.2, 0) is 4.79 Å². The molecule has 0 atom stereocenters. The van der Waals surface area contributed by atoms with Gasteiger partial charge in [-0.05, 0) is 75.2 Å². The number of hydroxylamine groups is 1. The molecule has 206 valence electrons. The minimum absolute atomic E-state index is 0.0461. The standard InChI is InChI=1S/C28H35N7O4/c1-19(2)31-27(38)21-8-7-9-23(18-21)32-24-15-17-30-28(34-24)33-22-13-11-20(12-14-22)26(37)29-16-6-4-3-5-10-25(36)35-39/h7-9,11-15,17-19,39H,3-6,10,16H2,1-2H3,(H,29,37)(H,31,38)(H,35,36)(H2,30,32,33,34). The van der Waals surface area contributed by atoms with Crippen LogP contribution in [-0.4, -0.2) is 45.5 Å². The highest BCUT2D eigenvalue weighted by atomic mass is 16.5. The van der Waals surface area contributed by atoms with Gasteiger partial charge >= 0.3 is 0 Å². The van der Waals surface area contributed by atoms with Gasteiger partial charge in [0.1, 0.15) is 5.82 Å². The summed E-state index contributed by atoms with van der Waals surface area (Å²) in [6.07, 6.45) is 5.15. The van der Waals surface area contributed by atoms with Crippen molar-refractivity contribution in [1.82, 2.24) is 26.1 Å². The summed E-state index contributed by atoms with van der Waals surface area (Å²) in [7, 11) is 0. The van der Waals surface area contributed by atoms with E-state index in [1.54, 1.807) is 60.2 Å². The van der Waals surface area contributed by atoms with Crippen molar-refractivity contribution in [2.24, 2.45) is 0 Å². The lowest BCUT2D eigenvalue weighted by Gasteiger charge is -2.11. The van der Waals surface area contributed by atoms with Gasteiger partial charge in [0.15, 0.2) is 0 Å². The van der Waals surface area contributed by atoms with Crippen molar-refractivity contribution in [3.63, 3.8) is 0 Å². The smallest absolute Gasteiger partial charge is 0.251 e. The van der Waals surface area contributed by atoms with Crippen molar-refractivity contribution in [2.45, 2.75) is 52.0 Å². The summed E-state index contributed by atoms with van der Waals surface area (Å²) in [5.41, 5.74) is 4.15. The monoisotopic (exact) mass is 533 g/mol. The van der Waals surface area contributed by atoms with E-state index >= 15 is 0 Å². The van der Waals surface area contributed by atoms with E-state index in [9.17, 15) is 14.4 Å². The van der Waals surface area contributed by atoms with Crippen LogP contribution in [0.3, 0.4) is 0 Å². The maximum absolute atomic E-state index is 12.4. The van der Waals surface area contributed by atoms with Crippen LogP contribution in [0.15, 0.2) is 60.8 Å². The Labute approximate surface area is 227 Å². The van der Waals surface area contributed by atoms with E-state index in [1.165, 1.54) is 0 Å². The number of nitrogens with one attached hydrogen (secondary N) is 5. The van der Waals surface area contributed by atoms with E-state index in [0.29, 0.717) is 42.3 Å². The lowest BCUT2D eigenvalue weighted by atomic mass is 10.1. The number of amides is 3. The number of carbonyl (C=O) groups excluding carboxylic acids is 3. The molecule has 0 saturated heterocycles. The molecule has 11 heteroatoms. The molecule has 0 aliphatic carbocycles. The summed E-state index contributed by atoms with van der Waals surface area (Å²) >= 11 is 0. The van der Waals surface area contributed by atoms with Gasteiger partial charge in [0.2, 0.25) is 11.9 Å². The van der Waals surface area contributed by atoms with Gasteiger partial charge in [-0.15, -0.1) is 0 Å². The molecule has 0 spiro atoms. The second-order valence-electron chi connectivity index (χ2n) is 9.26. The van der Waals surface area contributed by atoms with Crippen molar-refractivity contribution >= 4 is 40.9 Å². The molecule has 0 aliphatic rings. The fraction of sp³-hybridized carbons (Fsp3) is 0.321. The molecule has 0 unspecified atom stereocenters. The molecule has 3 amide bonds. The molecule has 0 bridgehead atoms. The van der Waals surface area contributed by atoms with Crippen LogP contribution >= 0.6 is 0 Å². The molecule has 11 nitrogen and oxygen atoms in total. The van der Waals surface area contributed by atoms with Crippen molar-refractivity contribution in [3.8, 4) is 0 Å². The maximum Gasteiger partial charge on any atom is 0.251 e. The van der Waals surface area contributed by atoms with Crippen LogP contribution in [0.4, 0.5) is 23.1 Å². The molecule has 1 heterocycles. The number of benzene rings is 2. The first-order chi connectivity index (χ1) is 18.8. The van der Waals surface area contributed by atoms with E-state index < -0.39 is 0 Å². The summed E-state index contributed by atoms with van der Waals surface area (Å²) in [6.45, 7) is 4.37. The molecule has 6 N–H and O–H groups in total. The van der Waals surface area contributed by atoms with Crippen LogP contribution in [0.1, 0.15) is 66.7 Å². The SMILES string of the molecule is CC(C)NC(=O)c1cccc(Nc2ccnc(Nc3ccc(C(=O)NCCCCCCC(=O)NO)cc3)n2)c1. The lowest BCUT2D eigenvalue weighted by Crippen LogP contribution is -2.30.